The van der Waals surface area contributed by atoms with E-state index >= 15 is 0 Å². The van der Waals surface area contributed by atoms with Crippen molar-refractivity contribution >= 4 is 99.4 Å². The fraction of sp³-hybridized carbons (Fsp3) is 0.0500. The molecule has 0 aliphatic heterocycles. The van der Waals surface area contributed by atoms with Crippen LogP contribution in [0.2, 0.25) is 0 Å². The molecule has 4 aromatic heterocycles. The molecule has 0 unspecified atom stereocenters. The van der Waals surface area contributed by atoms with E-state index in [1.54, 1.807) is 0 Å². The molecule has 0 atom stereocenters. The third-order valence-corrected chi connectivity index (χ3v) is 12.6. The van der Waals surface area contributed by atoms with E-state index in [9.17, 15) is 0 Å². The topological polar surface area (TPSA) is 69.9 Å². The number of para-hydroxylation sites is 2. The van der Waals surface area contributed by atoms with Crippen LogP contribution in [0.15, 0.2) is 192 Å². The van der Waals surface area contributed by atoms with Crippen molar-refractivity contribution in [3.8, 4) is 39.9 Å². The molecule has 0 radical (unpaired) electrons. The normalized spacial score (nSPS) is 11.7. The first-order chi connectivity index (χ1) is 32.6. The first kappa shape index (κ1) is 39.0. The zero-order chi connectivity index (χ0) is 44.5. The molecule has 0 spiro atoms. The Kier molecular flexibility index (Phi) is 9.21. The van der Waals surface area contributed by atoms with Crippen molar-refractivity contribution in [2.45, 2.75) is 20.3 Å². The summed E-state index contributed by atoms with van der Waals surface area (Å²) in [5, 5.41) is 10.8. The van der Waals surface area contributed by atoms with Gasteiger partial charge in [0.25, 0.3) is 0 Å². The van der Waals surface area contributed by atoms with Crippen LogP contribution in [0.25, 0.3) is 139 Å². The number of hydrogen-bond acceptors (Lipinski definition) is 5. The lowest BCUT2D eigenvalue weighted by Gasteiger charge is -2.15. The summed E-state index contributed by atoms with van der Waals surface area (Å²) in [6, 6.07) is 58.6. The number of benzene rings is 9. The second-order valence-corrected chi connectivity index (χ2v) is 16.7. The molecule has 13 aromatic rings. The quantitative estimate of drug-likeness (QED) is 0.167. The highest BCUT2D eigenvalue weighted by molar-refractivity contribution is 6.26. The Morgan fingerprint density at radius 3 is 1.86 bits per heavy atom. The maximum Gasteiger partial charge on any atom is 0.238 e. The number of furan rings is 2. The summed E-state index contributed by atoms with van der Waals surface area (Å²) in [5.41, 5.74) is 11.0. The summed E-state index contributed by atoms with van der Waals surface area (Å²) in [6.45, 7) is 12.9. The highest BCUT2D eigenvalue weighted by Crippen LogP contribution is 2.46. The average Bonchev–Trinajstić information content (AvgIpc) is 4.06. The third kappa shape index (κ3) is 5.99. The highest BCUT2D eigenvalue weighted by Gasteiger charge is 2.26. The molecule has 4 heterocycles. The molecule has 0 amide bonds. The Morgan fingerprint density at radius 1 is 0.439 bits per heavy atom. The monoisotopic (exact) mass is 850 g/mol. The maximum atomic E-state index is 6.48. The Balaban J connectivity index is 0.00000148. The minimum atomic E-state index is 0.489. The van der Waals surface area contributed by atoms with Gasteiger partial charge in [0.1, 0.15) is 22.3 Å². The van der Waals surface area contributed by atoms with Crippen molar-refractivity contribution in [1.29, 1.82) is 0 Å². The summed E-state index contributed by atoms with van der Waals surface area (Å²) in [5.74, 6) is 1.58. The van der Waals surface area contributed by atoms with Crippen LogP contribution in [-0.4, -0.2) is 19.5 Å². The summed E-state index contributed by atoms with van der Waals surface area (Å²) in [7, 11) is 0. The lowest BCUT2D eigenvalue weighted by Crippen LogP contribution is -2.07. The lowest BCUT2D eigenvalue weighted by molar-refractivity contribution is 0.668. The molecule has 66 heavy (non-hydrogen) atoms. The zero-order valence-corrected chi connectivity index (χ0v) is 36.5. The average molecular weight is 851 g/mol. The zero-order valence-electron chi connectivity index (χ0n) is 36.5. The second kappa shape index (κ2) is 15.6. The molecule has 0 bridgehead atoms. The number of rotatable bonds is 6. The van der Waals surface area contributed by atoms with E-state index in [2.05, 4.69) is 147 Å². The summed E-state index contributed by atoms with van der Waals surface area (Å²) in [4.78, 5) is 16.0. The van der Waals surface area contributed by atoms with Gasteiger partial charge in [-0.25, -0.2) is 4.98 Å². The van der Waals surface area contributed by atoms with Crippen molar-refractivity contribution in [3.63, 3.8) is 0 Å². The molecule has 0 saturated carbocycles. The van der Waals surface area contributed by atoms with Crippen molar-refractivity contribution in [2.75, 3.05) is 0 Å². The second-order valence-electron chi connectivity index (χ2n) is 16.7. The molecular formula is C60H42N4O2. The molecule has 314 valence electrons. The molecule has 0 aliphatic carbocycles. The Hall–Kier alpha value is -8.61. The summed E-state index contributed by atoms with van der Waals surface area (Å²) >= 11 is 0. The van der Waals surface area contributed by atoms with Crippen LogP contribution < -0.4 is 0 Å². The van der Waals surface area contributed by atoms with Gasteiger partial charge in [-0.2, -0.15) is 9.97 Å². The summed E-state index contributed by atoms with van der Waals surface area (Å²) in [6.07, 6.45) is 5.14. The van der Waals surface area contributed by atoms with Gasteiger partial charge >= 0.3 is 0 Å². The Bertz CT molecular complexity index is 4100. The van der Waals surface area contributed by atoms with Gasteiger partial charge in [-0.1, -0.05) is 179 Å². The smallest absolute Gasteiger partial charge is 0.238 e. The van der Waals surface area contributed by atoms with Gasteiger partial charge in [0.15, 0.2) is 11.6 Å². The highest BCUT2D eigenvalue weighted by atomic mass is 16.3. The van der Waals surface area contributed by atoms with Gasteiger partial charge in [-0.3, -0.25) is 4.57 Å². The van der Waals surface area contributed by atoms with Crippen LogP contribution in [0.5, 0.6) is 0 Å². The summed E-state index contributed by atoms with van der Waals surface area (Å²) < 4.78 is 15.1. The molecule has 0 fully saturated rings. The minimum absolute atomic E-state index is 0.489. The molecule has 6 heteroatoms. The Labute approximate surface area is 380 Å². The molecule has 0 aliphatic rings. The number of hydrogen-bond donors (Lipinski definition) is 0. The van der Waals surface area contributed by atoms with Gasteiger partial charge in [0, 0.05) is 54.4 Å². The van der Waals surface area contributed by atoms with E-state index in [1.807, 2.05) is 66.7 Å². The Morgan fingerprint density at radius 2 is 1.06 bits per heavy atom. The molecule has 0 N–H and O–H groups in total. The van der Waals surface area contributed by atoms with Crippen molar-refractivity contribution in [3.05, 3.63) is 194 Å². The number of nitrogens with zero attached hydrogens (tertiary/aromatic N) is 4. The van der Waals surface area contributed by atoms with Crippen molar-refractivity contribution < 1.29 is 8.83 Å². The largest absolute Gasteiger partial charge is 0.456 e. The van der Waals surface area contributed by atoms with Crippen LogP contribution in [0.3, 0.4) is 0 Å². The SMILES string of the molecule is C=Cc1c(C=C)c2c3cccc(-c4ccc5oc6ccc7ccccc7c6c5c4)c3n(-c3nc(-c4ccccc4)nc(-c4ccc5c(c4)oc4ccccc45)n3)c2c2ccccc12.CCC. The van der Waals surface area contributed by atoms with E-state index in [4.69, 9.17) is 23.8 Å². The van der Waals surface area contributed by atoms with E-state index in [0.717, 1.165) is 115 Å². The van der Waals surface area contributed by atoms with Gasteiger partial charge in [-0.15, -0.1) is 0 Å². The van der Waals surface area contributed by atoms with Crippen LogP contribution in [0.1, 0.15) is 31.4 Å². The van der Waals surface area contributed by atoms with Gasteiger partial charge in [0.2, 0.25) is 5.95 Å². The first-order valence-corrected chi connectivity index (χ1v) is 22.4. The van der Waals surface area contributed by atoms with Crippen LogP contribution in [-0.2, 0) is 0 Å². The van der Waals surface area contributed by atoms with Gasteiger partial charge < -0.3 is 8.83 Å². The van der Waals surface area contributed by atoms with Crippen molar-refractivity contribution in [2.24, 2.45) is 0 Å². The predicted octanol–water partition coefficient (Wildman–Crippen LogP) is 16.8. The van der Waals surface area contributed by atoms with Crippen LogP contribution in [0.4, 0.5) is 0 Å². The fourth-order valence-electron chi connectivity index (χ4n) is 9.82. The molecule has 13 rings (SSSR count). The van der Waals surface area contributed by atoms with Crippen LogP contribution >= 0.6 is 0 Å². The maximum absolute atomic E-state index is 6.48. The standard InChI is InChI=1S/C57H34N4O2.C3H8/c1-3-37-38(4-2)52-45-23-14-22-40(35-27-29-48-46(31-35)51-39-18-9-8-15-33(39)26-30-49(51)62-48)53(45)61(54(52)44-21-11-10-19-41(37)44)57-59-55(34-16-6-5-7-17-34)58-56(60-57)36-25-28-43-42-20-12-13-24-47(42)63-50(43)32-36;1-3-2/h3-32H,1-2H2;3H2,1-2H3. The first-order valence-electron chi connectivity index (χ1n) is 22.4. The van der Waals surface area contributed by atoms with Gasteiger partial charge in [-0.05, 0) is 69.2 Å². The van der Waals surface area contributed by atoms with Gasteiger partial charge in [0.05, 0.1) is 11.0 Å². The molecule has 0 saturated heterocycles. The molecule has 9 aromatic carbocycles. The molecule has 6 nitrogen and oxygen atoms in total. The van der Waals surface area contributed by atoms with E-state index in [-0.39, 0.29) is 0 Å². The lowest BCUT2D eigenvalue weighted by atomic mass is 9.93. The minimum Gasteiger partial charge on any atom is -0.456 e. The fourth-order valence-corrected chi connectivity index (χ4v) is 9.82. The third-order valence-electron chi connectivity index (χ3n) is 12.6. The number of fused-ring (bicyclic) bond motifs is 13. The van der Waals surface area contributed by atoms with E-state index in [0.29, 0.717) is 17.6 Å². The number of aromatic nitrogens is 4. The van der Waals surface area contributed by atoms with E-state index < -0.39 is 0 Å². The molecular weight excluding hydrogens is 809 g/mol. The van der Waals surface area contributed by atoms with E-state index in [1.165, 1.54) is 11.8 Å². The van der Waals surface area contributed by atoms with Crippen LogP contribution in [0, 0.1) is 0 Å². The predicted molar refractivity (Wildman–Crippen MR) is 276 cm³/mol. The van der Waals surface area contributed by atoms with Crippen molar-refractivity contribution in [1.82, 2.24) is 19.5 Å².